The van der Waals surface area contributed by atoms with Gasteiger partial charge in [0.15, 0.2) is 5.69 Å². The number of para-hydroxylation sites is 1. The molecular weight excluding hydrogens is 310 g/mol. The predicted octanol–water partition coefficient (Wildman–Crippen LogP) is 2.07. The van der Waals surface area contributed by atoms with Crippen LogP contribution >= 0.6 is 0 Å². The molecule has 3 N–H and O–H groups in total. The number of aliphatic imine (C=N–C) groups is 1. The van der Waals surface area contributed by atoms with Crippen LogP contribution in [0.4, 0.5) is 11.4 Å². The van der Waals surface area contributed by atoms with Gasteiger partial charge in [-0.25, -0.2) is 0 Å². The lowest BCUT2D eigenvalue weighted by Gasteiger charge is -2.37. The van der Waals surface area contributed by atoms with Gasteiger partial charge in [-0.15, -0.1) is 0 Å². The number of nitro groups is 1. The molecule has 0 saturated heterocycles. The molecule has 1 aromatic heterocycles. The number of anilines is 1. The van der Waals surface area contributed by atoms with Crippen molar-refractivity contribution in [3.05, 3.63) is 58.4 Å². The molecule has 2 heterocycles. The van der Waals surface area contributed by atoms with Crippen molar-refractivity contribution in [1.82, 2.24) is 4.98 Å². The standard InChI is InChI=1S/C16H17N5O3/c1-11(17)19-9-16(14-7-2-3-8-18-14)10-24-13-6-4-5-12(21(22)23)15(13)20-16/h2-8,20H,9-10H2,1H3,(H2,17,19). The molecule has 8 heteroatoms. The van der Waals surface area contributed by atoms with Crippen LogP contribution in [-0.4, -0.2) is 28.9 Å². The molecule has 0 bridgehead atoms. The molecule has 0 spiro atoms. The van der Waals surface area contributed by atoms with Gasteiger partial charge >= 0.3 is 0 Å². The largest absolute Gasteiger partial charge is 0.488 e. The lowest BCUT2D eigenvalue weighted by atomic mass is 9.93. The summed E-state index contributed by atoms with van der Waals surface area (Å²) in [6, 6.07) is 10.2. The fourth-order valence-electron chi connectivity index (χ4n) is 2.60. The number of hydrogen-bond acceptors (Lipinski definition) is 6. The van der Waals surface area contributed by atoms with Crippen molar-refractivity contribution in [3.63, 3.8) is 0 Å². The highest BCUT2D eigenvalue weighted by Crippen LogP contribution is 2.42. The minimum Gasteiger partial charge on any atom is -0.488 e. The van der Waals surface area contributed by atoms with Gasteiger partial charge in [0.25, 0.3) is 5.69 Å². The summed E-state index contributed by atoms with van der Waals surface area (Å²) in [5.74, 6) is 0.852. The minimum absolute atomic E-state index is 0.0547. The molecule has 0 saturated carbocycles. The molecule has 2 aromatic rings. The van der Waals surface area contributed by atoms with Crippen molar-refractivity contribution in [2.75, 3.05) is 18.5 Å². The summed E-state index contributed by atoms with van der Waals surface area (Å²) in [7, 11) is 0. The summed E-state index contributed by atoms with van der Waals surface area (Å²) >= 11 is 0. The highest BCUT2D eigenvalue weighted by molar-refractivity contribution is 5.78. The molecule has 3 rings (SSSR count). The zero-order valence-corrected chi connectivity index (χ0v) is 13.1. The molecule has 124 valence electrons. The smallest absolute Gasteiger partial charge is 0.296 e. The number of benzene rings is 1. The van der Waals surface area contributed by atoms with Crippen LogP contribution in [0.1, 0.15) is 12.6 Å². The number of nitro benzene ring substituents is 1. The number of ether oxygens (including phenoxy) is 1. The van der Waals surface area contributed by atoms with Crippen LogP contribution in [0.2, 0.25) is 0 Å². The van der Waals surface area contributed by atoms with E-state index in [0.717, 1.165) is 0 Å². The average Bonchev–Trinajstić information content (AvgIpc) is 2.60. The first-order valence-electron chi connectivity index (χ1n) is 7.38. The Hall–Kier alpha value is -3.16. The summed E-state index contributed by atoms with van der Waals surface area (Å²) in [4.78, 5) is 19.6. The zero-order valence-electron chi connectivity index (χ0n) is 13.1. The average molecular weight is 327 g/mol. The van der Waals surface area contributed by atoms with Gasteiger partial charge in [0.1, 0.15) is 17.9 Å². The van der Waals surface area contributed by atoms with E-state index in [2.05, 4.69) is 15.3 Å². The molecule has 1 aliphatic heterocycles. The Kier molecular flexibility index (Phi) is 4.03. The number of nitrogens with one attached hydrogen (secondary N) is 1. The van der Waals surface area contributed by atoms with Crippen LogP contribution in [0.25, 0.3) is 0 Å². The van der Waals surface area contributed by atoms with E-state index in [4.69, 9.17) is 10.5 Å². The van der Waals surface area contributed by atoms with E-state index in [1.54, 1.807) is 31.3 Å². The number of pyridine rings is 1. The van der Waals surface area contributed by atoms with Gasteiger partial charge in [-0.3, -0.25) is 20.1 Å². The Balaban J connectivity index is 2.09. The van der Waals surface area contributed by atoms with Gasteiger partial charge in [-0.1, -0.05) is 12.1 Å². The Bertz CT molecular complexity index is 790. The van der Waals surface area contributed by atoms with Crippen LogP contribution in [0.15, 0.2) is 47.6 Å². The molecule has 1 aliphatic rings. The van der Waals surface area contributed by atoms with Gasteiger partial charge < -0.3 is 15.8 Å². The van der Waals surface area contributed by atoms with Crippen molar-refractivity contribution >= 4 is 17.2 Å². The summed E-state index contributed by atoms with van der Waals surface area (Å²) in [6.45, 7) is 2.17. The van der Waals surface area contributed by atoms with Crippen LogP contribution in [0, 0.1) is 10.1 Å². The maximum atomic E-state index is 11.3. The number of fused-ring (bicyclic) bond motifs is 1. The fourth-order valence-corrected chi connectivity index (χ4v) is 2.60. The predicted molar refractivity (Wildman–Crippen MR) is 90.3 cm³/mol. The monoisotopic (exact) mass is 327 g/mol. The molecule has 1 aromatic carbocycles. The third-order valence-electron chi connectivity index (χ3n) is 3.79. The van der Waals surface area contributed by atoms with E-state index in [-0.39, 0.29) is 18.8 Å². The molecule has 8 nitrogen and oxygen atoms in total. The maximum absolute atomic E-state index is 11.3. The minimum atomic E-state index is -0.832. The Labute approximate surface area is 138 Å². The van der Waals surface area contributed by atoms with Crippen molar-refractivity contribution < 1.29 is 9.66 Å². The number of aromatic nitrogens is 1. The molecule has 0 radical (unpaired) electrons. The first kappa shape index (κ1) is 15.7. The molecule has 0 amide bonds. The number of hydrogen-bond donors (Lipinski definition) is 2. The summed E-state index contributed by atoms with van der Waals surface area (Å²) < 4.78 is 5.80. The second kappa shape index (κ2) is 6.15. The maximum Gasteiger partial charge on any atom is 0.296 e. The van der Waals surface area contributed by atoms with Gasteiger partial charge in [0.05, 0.1) is 23.0 Å². The van der Waals surface area contributed by atoms with Crippen molar-refractivity contribution in [2.45, 2.75) is 12.5 Å². The quantitative estimate of drug-likeness (QED) is 0.384. The summed E-state index contributed by atoms with van der Waals surface area (Å²) in [5, 5.41) is 14.6. The van der Waals surface area contributed by atoms with E-state index in [1.165, 1.54) is 6.07 Å². The Morgan fingerprint density at radius 3 is 2.96 bits per heavy atom. The molecule has 1 unspecified atom stereocenters. The van der Waals surface area contributed by atoms with Crippen molar-refractivity contribution in [1.29, 1.82) is 0 Å². The van der Waals surface area contributed by atoms with Gasteiger partial charge in [-0.2, -0.15) is 0 Å². The third kappa shape index (κ3) is 2.85. The molecule has 0 aliphatic carbocycles. The molecule has 0 fully saturated rings. The second-order valence-electron chi connectivity index (χ2n) is 5.58. The first-order valence-corrected chi connectivity index (χ1v) is 7.38. The summed E-state index contributed by atoms with van der Waals surface area (Å²) in [5.41, 5.74) is 5.79. The first-order chi connectivity index (χ1) is 11.5. The lowest BCUT2D eigenvalue weighted by molar-refractivity contribution is -0.384. The Morgan fingerprint density at radius 2 is 2.29 bits per heavy atom. The number of amidine groups is 1. The topological polar surface area (TPSA) is 116 Å². The number of rotatable bonds is 4. The lowest BCUT2D eigenvalue weighted by Crippen LogP contribution is -2.47. The highest BCUT2D eigenvalue weighted by atomic mass is 16.6. The molecule has 24 heavy (non-hydrogen) atoms. The molecule has 1 atom stereocenters. The van der Waals surface area contributed by atoms with E-state index >= 15 is 0 Å². The van der Waals surface area contributed by atoms with Crippen molar-refractivity contribution in [3.8, 4) is 5.75 Å². The summed E-state index contributed by atoms with van der Waals surface area (Å²) in [6.07, 6.45) is 1.66. The van der Waals surface area contributed by atoms with Crippen LogP contribution in [-0.2, 0) is 5.54 Å². The Morgan fingerprint density at radius 1 is 1.46 bits per heavy atom. The van der Waals surface area contributed by atoms with E-state index in [9.17, 15) is 10.1 Å². The molecular formula is C16H17N5O3. The number of nitrogens with zero attached hydrogens (tertiary/aromatic N) is 3. The second-order valence-corrected chi connectivity index (χ2v) is 5.58. The van der Waals surface area contributed by atoms with Crippen LogP contribution in [0.3, 0.4) is 0 Å². The van der Waals surface area contributed by atoms with E-state index in [0.29, 0.717) is 23.0 Å². The van der Waals surface area contributed by atoms with Crippen LogP contribution in [0.5, 0.6) is 5.75 Å². The van der Waals surface area contributed by atoms with Gasteiger partial charge in [0.2, 0.25) is 0 Å². The normalized spacial score (nSPS) is 19.8. The van der Waals surface area contributed by atoms with Crippen LogP contribution < -0.4 is 15.8 Å². The van der Waals surface area contributed by atoms with Gasteiger partial charge in [0, 0.05) is 12.3 Å². The SMILES string of the molecule is CC(N)=NCC1(c2ccccn2)COc2cccc([N+](=O)[O-])c2N1. The third-order valence-corrected chi connectivity index (χ3v) is 3.79. The number of nitrogens with two attached hydrogens (primary N) is 1. The van der Waals surface area contributed by atoms with E-state index < -0.39 is 10.5 Å². The fraction of sp³-hybridized carbons (Fsp3) is 0.250. The zero-order chi connectivity index (χ0) is 17.2. The van der Waals surface area contributed by atoms with Gasteiger partial charge in [-0.05, 0) is 25.1 Å². The van der Waals surface area contributed by atoms with E-state index in [1.807, 2.05) is 12.1 Å². The van der Waals surface area contributed by atoms with Crippen molar-refractivity contribution in [2.24, 2.45) is 10.7 Å². The highest BCUT2D eigenvalue weighted by Gasteiger charge is 2.41.